The van der Waals surface area contributed by atoms with Gasteiger partial charge in [-0.3, -0.25) is 9.78 Å². The van der Waals surface area contributed by atoms with Crippen LogP contribution in [0.5, 0.6) is 5.75 Å². The molecule has 0 radical (unpaired) electrons. The van der Waals surface area contributed by atoms with Crippen molar-refractivity contribution in [2.24, 2.45) is 5.73 Å². The molecule has 5 rings (SSSR count). The number of hydrogen-bond donors (Lipinski definition) is 2. The molecule has 0 aliphatic carbocycles. The van der Waals surface area contributed by atoms with Gasteiger partial charge in [0, 0.05) is 24.7 Å². The van der Waals surface area contributed by atoms with Crippen molar-refractivity contribution >= 4 is 28.5 Å². The summed E-state index contributed by atoms with van der Waals surface area (Å²) in [5.41, 5.74) is 11.5. The lowest BCUT2D eigenvalue weighted by Gasteiger charge is -2.40. The quantitative estimate of drug-likeness (QED) is 0.335. The Kier molecular flexibility index (Phi) is 5.86. The number of nitrogen functional groups attached to an aromatic ring is 1. The van der Waals surface area contributed by atoms with Crippen molar-refractivity contribution in [1.29, 1.82) is 0 Å². The number of Topliss-reactive ketones (excluding diaryl/α,β-unsaturated/α-hetero) is 1. The third-order valence-electron chi connectivity index (χ3n) is 6.70. The van der Waals surface area contributed by atoms with Crippen molar-refractivity contribution in [2.75, 3.05) is 30.8 Å². The van der Waals surface area contributed by atoms with Crippen molar-refractivity contribution in [3.8, 4) is 17.0 Å². The zero-order chi connectivity index (χ0) is 30.4. The van der Waals surface area contributed by atoms with E-state index < -0.39 is 42.2 Å². The van der Waals surface area contributed by atoms with E-state index in [0.29, 0.717) is 41.4 Å². The molecule has 1 aromatic carbocycles. The number of benzene rings is 1. The fourth-order valence-electron chi connectivity index (χ4n) is 4.76. The van der Waals surface area contributed by atoms with Gasteiger partial charge >= 0.3 is 0 Å². The minimum atomic E-state index is -3.24. The van der Waals surface area contributed by atoms with E-state index in [1.54, 1.807) is 9.47 Å². The Morgan fingerprint density at radius 3 is 2.79 bits per heavy atom. The summed E-state index contributed by atoms with van der Waals surface area (Å²) in [5, 5.41) is 0. The lowest BCUT2D eigenvalue weighted by atomic mass is 9.85. The van der Waals surface area contributed by atoms with Crippen LogP contribution in [-0.4, -0.2) is 62.4 Å². The van der Waals surface area contributed by atoms with Crippen LogP contribution in [0.4, 0.5) is 29.1 Å². The zero-order valence-electron chi connectivity index (χ0n) is 23.2. The standard InChI is InChI=1S/C25H24F4N8O2/c1-39-19-7-15(26)14(6-16(19)27)17-5-13(9-37-12-35-20-23(30)33-11-34-24(20)37)18(8-32-17)36-4-2-3-25(31,10-36)21(38)22(28)29/h5-8,11-12,22H,2-4,9-10,31H2,1H3,(H2,30,33,34)/i1D3. The first-order chi connectivity index (χ1) is 19.8. The second-order valence-corrected chi connectivity index (χ2v) is 9.21. The number of pyridine rings is 1. The minimum absolute atomic E-state index is 0.0242. The van der Waals surface area contributed by atoms with Gasteiger partial charge in [0.15, 0.2) is 23.0 Å². The summed E-state index contributed by atoms with van der Waals surface area (Å²) in [7, 11) is -3.00. The topological polar surface area (TPSA) is 138 Å². The maximum absolute atomic E-state index is 15.1. The molecule has 1 unspecified atom stereocenters. The first kappa shape index (κ1) is 22.6. The molecule has 0 spiro atoms. The first-order valence-corrected chi connectivity index (χ1v) is 11.7. The van der Waals surface area contributed by atoms with Crippen LogP contribution in [-0.2, 0) is 11.3 Å². The number of imidazole rings is 1. The SMILES string of the molecule is [2H]C([2H])([2H])Oc1cc(F)c(-c2cc(Cn3cnc4c(N)ncnc43)c(N3CCCC(N)(C(=O)C(F)F)C3)cn2)cc1F. The van der Waals surface area contributed by atoms with Crippen molar-refractivity contribution < 1.29 is 31.2 Å². The van der Waals surface area contributed by atoms with E-state index in [4.69, 9.17) is 15.6 Å². The Labute approximate surface area is 223 Å². The van der Waals surface area contributed by atoms with Gasteiger partial charge in [0.1, 0.15) is 17.7 Å². The first-order valence-electron chi connectivity index (χ1n) is 13.2. The summed E-state index contributed by atoms with van der Waals surface area (Å²) in [6.45, 7) is 0.167. The number of piperidine rings is 1. The van der Waals surface area contributed by atoms with Crippen molar-refractivity contribution in [3.05, 3.63) is 54.2 Å². The number of hydrogen-bond acceptors (Lipinski definition) is 9. The molecule has 1 aliphatic rings. The van der Waals surface area contributed by atoms with Crippen LogP contribution in [0.25, 0.3) is 22.4 Å². The van der Waals surface area contributed by atoms with Gasteiger partial charge in [-0.05, 0) is 30.5 Å². The van der Waals surface area contributed by atoms with E-state index in [9.17, 15) is 18.0 Å². The summed E-state index contributed by atoms with van der Waals surface area (Å²) < 4.78 is 84.1. The fourth-order valence-corrected chi connectivity index (χ4v) is 4.76. The van der Waals surface area contributed by atoms with Gasteiger partial charge in [-0.1, -0.05) is 0 Å². The maximum Gasteiger partial charge on any atom is 0.297 e. The predicted molar refractivity (Wildman–Crippen MR) is 134 cm³/mol. The van der Waals surface area contributed by atoms with Crippen LogP contribution in [0.2, 0.25) is 0 Å². The number of nitrogens with two attached hydrogens (primary N) is 2. The van der Waals surface area contributed by atoms with E-state index in [1.165, 1.54) is 24.9 Å². The molecule has 4 N–H and O–H groups in total. The van der Waals surface area contributed by atoms with Gasteiger partial charge in [0.2, 0.25) is 5.78 Å². The predicted octanol–water partition coefficient (Wildman–Crippen LogP) is 2.94. The summed E-state index contributed by atoms with van der Waals surface area (Å²) in [5.74, 6) is -4.16. The van der Waals surface area contributed by atoms with Crippen LogP contribution in [0, 0.1) is 11.6 Å². The number of ether oxygens (including phenoxy) is 1. The number of anilines is 2. The average Bonchev–Trinajstić information content (AvgIpc) is 3.33. The van der Waals surface area contributed by atoms with Gasteiger partial charge in [0.05, 0.1) is 47.1 Å². The Morgan fingerprint density at radius 1 is 1.21 bits per heavy atom. The van der Waals surface area contributed by atoms with E-state index in [1.807, 2.05) is 0 Å². The third kappa shape index (κ3) is 4.82. The maximum atomic E-state index is 15.1. The average molecular weight is 548 g/mol. The molecule has 3 aromatic heterocycles. The fraction of sp³-hybridized carbons (Fsp3) is 0.320. The number of alkyl halides is 2. The largest absolute Gasteiger partial charge is 0.494 e. The van der Waals surface area contributed by atoms with Gasteiger partial charge in [-0.15, -0.1) is 0 Å². The minimum Gasteiger partial charge on any atom is -0.494 e. The van der Waals surface area contributed by atoms with Gasteiger partial charge in [-0.25, -0.2) is 32.5 Å². The second-order valence-electron chi connectivity index (χ2n) is 9.21. The monoisotopic (exact) mass is 547 g/mol. The number of ketones is 1. The molecular formula is C25H24F4N8O2. The molecule has 1 fully saturated rings. The van der Waals surface area contributed by atoms with Crippen LogP contribution in [0.1, 0.15) is 22.5 Å². The Morgan fingerprint density at radius 2 is 2.03 bits per heavy atom. The van der Waals surface area contributed by atoms with E-state index in [2.05, 4.69) is 24.7 Å². The number of carbonyl (C=O) groups excluding carboxylic acids is 1. The molecule has 4 heterocycles. The highest BCUT2D eigenvalue weighted by molar-refractivity contribution is 5.92. The number of halogens is 4. The number of aromatic nitrogens is 5. The highest BCUT2D eigenvalue weighted by Crippen LogP contribution is 2.34. The normalized spacial score (nSPS) is 19.1. The Bertz CT molecular complexity index is 1670. The van der Waals surface area contributed by atoms with Gasteiger partial charge < -0.3 is 25.7 Å². The molecule has 204 valence electrons. The van der Waals surface area contributed by atoms with Gasteiger partial charge in [-0.2, -0.15) is 0 Å². The molecule has 1 aliphatic heterocycles. The molecule has 0 amide bonds. The molecule has 39 heavy (non-hydrogen) atoms. The van der Waals surface area contributed by atoms with E-state index in [0.717, 1.165) is 6.07 Å². The van der Waals surface area contributed by atoms with E-state index >= 15 is 4.39 Å². The molecular weight excluding hydrogens is 520 g/mol. The molecule has 10 nitrogen and oxygen atoms in total. The zero-order valence-corrected chi connectivity index (χ0v) is 20.2. The Balaban J connectivity index is 1.59. The molecule has 4 aromatic rings. The molecule has 0 saturated carbocycles. The summed E-state index contributed by atoms with van der Waals surface area (Å²) >= 11 is 0. The van der Waals surface area contributed by atoms with Crippen LogP contribution >= 0.6 is 0 Å². The lowest BCUT2D eigenvalue weighted by molar-refractivity contribution is -0.135. The van der Waals surface area contributed by atoms with E-state index in [-0.39, 0.29) is 36.6 Å². The number of rotatable bonds is 7. The summed E-state index contributed by atoms with van der Waals surface area (Å²) in [6, 6.07) is 2.82. The molecule has 1 saturated heterocycles. The summed E-state index contributed by atoms with van der Waals surface area (Å²) in [6.07, 6.45) is 1.19. The smallest absolute Gasteiger partial charge is 0.297 e. The Hall–Kier alpha value is -4.33. The van der Waals surface area contributed by atoms with Crippen molar-refractivity contribution in [2.45, 2.75) is 31.4 Å². The molecule has 14 heteroatoms. The lowest BCUT2D eigenvalue weighted by Crippen LogP contribution is -2.61. The van der Waals surface area contributed by atoms with Gasteiger partial charge in [0.25, 0.3) is 6.43 Å². The van der Waals surface area contributed by atoms with Crippen molar-refractivity contribution in [3.63, 3.8) is 0 Å². The number of nitrogens with zero attached hydrogens (tertiary/aromatic N) is 6. The van der Waals surface area contributed by atoms with Crippen LogP contribution < -0.4 is 21.1 Å². The number of carbonyl (C=O) groups is 1. The molecule has 0 bridgehead atoms. The summed E-state index contributed by atoms with van der Waals surface area (Å²) in [4.78, 5) is 30.5. The van der Waals surface area contributed by atoms with Crippen molar-refractivity contribution in [1.82, 2.24) is 24.5 Å². The second kappa shape index (κ2) is 10.1. The highest BCUT2D eigenvalue weighted by atomic mass is 19.3. The number of fused-ring (bicyclic) bond motifs is 1. The number of methoxy groups -OCH3 is 1. The van der Waals surface area contributed by atoms with Crippen LogP contribution in [0.3, 0.4) is 0 Å². The third-order valence-corrected chi connectivity index (χ3v) is 6.70. The van der Waals surface area contributed by atoms with Crippen LogP contribution in [0.15, 0.2) is 37.1 Å². The highest BCUT2D eigenvalue weighted by Gasteiger charge is 2.43. The molecule has 1 atom stereocenters.